The van der Waals surface area contributed by atoms with Crippen molar-refractivity contribution in [3.8, 4) is 12.1 Å². The number of H-pyrrole nitrogens is 1. The van der Waals surface area contributed by atoms with Crippen molar-refractivity contribution >= 4 is 16.9 Å². The Bertz CT molecular complexity index is 848. The van der Waals surface area contributed by atoms with Crippen LogP contribution < -0.4 is 10.5 Å². The number of nitrogen functional groups attached to an aromatic ring is 1. The Hall–Kier alpha value is -2.37. The Kier molecular flexibility index (Phi) is 6.37. The number of nitrogens with zero attached hydrogens (tertiary/aromatic N) is 4. The number of hydrogen-bond acceptors (Lipinski definition) is 7. The first-order valence-corrected chi connectivity index (χ1v) is 10.1. The zero-order chi connectivity index (χ0) is 20.1. The largest absolute Gasteiger partial charge is 0.463 e. The highest BCUT2D eigenvalue weighted by atomic mass is 16.5. The Morgan fingerprint density at radius 1 is 1.32 bits per heavy atom. The SMILES string of the molecule is CCCCOc1nc(N)c2[nH]c(C#N)c(CCCC3(O)CCN(C)CC3)c2n1. The molecule has 1 fully saturated rings. The van der Waals surface area contributed by atoms with Crippen molar-refractivity contribution < 1.29 is 9.84 Å². The lowest BCUT2D eigenvalue weighted by atomic mass is 9.86. The molecule has 0 saturated carbocycles. The summed E-state index contributed by atoms with van der Waals surface area (Å²) in [6.45, 7) is 4.45. The van der Waals surface area contributed by atoms with Crippen molar-refractivity contribution in [2.75, 3.05) is 32.5 Å². The van der Waals surface area contributed by atoms with E-state index in [0.29, 0.717) is 36.2 Å². The maximum absolute atomic E-state index is 10.8. The highest BCUT2D eigenvalue weighted by molar-refractivity contribution is 5.89. The number of fused-ring (bicyclic) bond motifs is 1. The van der Waals surface area contributed by atoms with E-state index in [1.807, 2.05) is 0 Å². The van der Waals surface area contributed by atoms with Crippen LogP contribution in [0.5, 0.6) is 6.01 Å². The predicted octanol–water partition coefficient (Wildman–Crippen LogP) is 2.37. The van der Waals surface area contributed by atoms with Crippen LogP contribution in [-0.4, -0.2) is 57.3 Å². The molecule has 0 aromatic carbocycles. The summed E-state index contributed by atoms with van der Waals surface area (Å²) >= 11 is 0. The van der Waals surface area contributed by atoms with Crippen molar-refractivity contribution in [2.24, 2.45) is 0 Å². The quantitative estimate of drug-likeness (QED) is 0.595. The summed E-state index contributed by atoms with van der Waals surface area (Å²) in [4.78, 5) is 14.0. The van der Waals surface area contributed by atoms with E-state index >= 15 is 0 Å². The lowest BCUT2D eigenvalue weighted by Gasteiger charge is -2.36. The number of nitrogens with two attached hydrogens (primary N) is 1. The van der Waals surface area contributed by atoms with Crippen LogP contribution in [0, 0.1) is 11.3 Å². The summed E-state index contributed by atoms with van der Waals surface area (Å²) in [5, 5.41) is 20.3. The van der Waals surface area contributed by atoms with Gasteiger partial charge in [0.05, 0.1) is 12.2 Å². The standard InChI is InChI=1S/C20H30N6O2/c1-3-4-12-28-19-24-16-14(15(13-21)23-17(16)18(22)25-19)6-5-7-20(27)8-10-26(2)11-9-20/h23,27H,3-12H2,1-2H3,(H2,22,24,25). The summed E-state index contributed by atoms with van der Waals surface area (Å²) in [6.07, 6.45) is 5.63. The van der Waals surface area contributed by atoms with E-state index in [1.54, 1.807) is 0 Å². The number of aryl methyl sites for hydroxylation is 1. The zero-order valence-corrected chi connectivity index (χ0v) is 16.8. The average molecular weight is 387 g/mol. The molecule has 0 spiro atoms. The van der Waals surface area contributed by atoms with Crippen LogP contribution in [0.4, 0.5) is 5.82 Å². The number of aliphatic hydroxyl groups is 1. The van der Waals surface area contributed by atoms with Crippen LogP contribution in [-0.2, 0) is 6.42 Å². The first-order valence-electron chi connectivity index (χ1n) is 10.1. The van der Waals surface area contributed by atoms with E-state index in [2.05, 4.69) is 39.9 Å². The second kappa shape index (κ2) is 8.76. The normalized spacial score (nSPS) is 16.9. The molecule has 8 nitrogen and oxygen atoms in total. The highest BCUT2D eigenvalue weighted by Gasteiger charge is 2.30. The first kappa shape index (κ1) is 20.4. The minimum Gasteiger partial charge on any atom is -0.463 e. The summed E-state index contributed by atoms with van der Waals surface area (Å²) in [6, 6.07) is 2.45. The third kappa shape index (κ3) is 4.54. The number of unbranched alkanes of at least 4 members (excludes halogenated alkanes) is 1. The predicted molar refractivity (Wildman–Crippen MR) is 108 cm³/mol. The van der Waals surface area contributed by atoms with Gasteiger partial charge in [-0.3, -0.25) is 0 Å². The van der Waals surface area contributed by atoms with Crippen LogP contribution in [0.2, 0.25) is 0 Å². The number of nitrogens with one attached hydrogen (secondary N) is 1. The minimum atomic E-state index is -0.617. The van der Waals surface area contributed by atoms with E-state index in [9.17, 15) is 10.4 Å². The summed E-state index contributed by atoms with van der Waals surface area (Å²) < 4.78 is 5.62. The van der Waals surface area contributed by atoms with Crippen molar-refractivity contribution in [1.29, 1.82) is 5.26 Å². The lowest BCUT2D eigenvalue weighted by molar-refractivity contribution is -0.0235. The van der Waals surface area contributed by atoms with Gasteiger partial charge in [-0.05, 0) is 45.6 Å². The molecule has 3 heterocycles. The monoisotopic (exact) mass is 386 g/mol. The number of nitriles is 1. The maximum Gasteiger partial charge on any atom is 0.319 e. The average Bonchev–Trinajstić information content (AvgIpc) is 3.03. The smallest absolute Gasteiger partial charge is 0.319 e. The Labute approximate surface area is 165 Å². The number of piperidine rings is 1. The number of aromatic amines is 1. The van der Waals surface area contributed by atoms with Gasteiger partial charge in [0.1, 0.15) is 22.8 Å². The number of rotatable bonds is 8. The molecule has 4 N–H and O–H groups in total. The van der Waals surface area contributed by atoms with Crippen molar-refractivity contribution in [1.82, 2.24) is 19.9 Å². The van der Waals surface area contributed by atoms with Crippen LogP contribution in [0.3, 0.4) is 0 Å². The number of hydrogen-bond donors (Lipinski definition) is 3. The van der Waals surface area contributed by atoms with Crippen LogP contribution in [0.25, 0.3) is 11.0 Å². The molecule has 0 unspecified atom stereocenters. The highest BCUT2D eigenvalue weighted by Crippen LogP contribution is 2.30. The Balaban J connectivity index is 1.76. The van der Waals surface area contributed by atoms with Gasteiger partial charge in [-0.25, -0.2) is 0 Å². The molecule has 1 saturated heterocycles. The van der Waals surface area contributed by atoms with Crippen molar-refractivity contribution in [3.05, 3.63) is 11.3 Å². The van der Waals surface area contributed by atoms with Gasteiger partial charge in [-0.1, -0.05) is 13.3 Å². The van der Waals surface area contributed by atoms with E-state index in [4.69, 9.17) is 10.5 Å². The van der Waals surface area contributed by atoms with Gasteiger partial charge in [-0.15, -0.1) is 0 Å². The van der Waals surface area contributed by atoms with Crippen molar-refractivity contribution in [2.45, 2.75) is 57.5 Å². The molecule has 28 heavy (non-hydrogen) atoms. The molecule has 0 amide bonds. The fourth-order valence-corrected chi connectivity index (χ4v) is 3.71. The van der Waals surface area contributed by atoms with E-state index in [1.165, 1.54) is 0 Å². The van der Waals surface area contributed by atoms with Gasteiger partial charge in [0.2, 0.25) is 0 Å². The molecule has 3 rings (SSSR count). The maximum atomic E-state index is 10.8. The topological polar surface area (TPSA) is 124 Å². The van der Waals surface area contributed by atoms with Gasteiger partial charge in [0.15, 0.2) is 5.82 Å². The van der Waals surface area contributed by atoms with Crippen molar-refractivity contribution in [3.63, 3.8) is 0 Å². The summed E-state index contributed by atoms with van der Waals surface area (Å²) in [7, 11) is 2.08. The fraction of sp³-hybridized carbons (Fsp3) is 0.650. The Morgan fingerprint density at radius 2 is 2.07 bits per heavy atom. The van der Waals surface area contributed by atoms with Crippen LogP contribution in [0.1, 0.15) is 56.7 Å². The second-order valence-electron chi connectivity index (χ2n) is 7.79. The third-order valence-electron chi connectivity index (χ3n) is 5.58. The molecule has 0 atom stereocenters. The van der Waals surface area contributed by atoms with Gasteiger partial charge < -0.3 is 25.5 Å². The van der Waals surface area contributed by atoms with E-state index < -0.39 is 5.60 Å². The number of anilines is 1. The van der Waals surface area contributed by atoms with Gasteiger partial charge in [0, 0.05) is 18.7 Å². The molecule has 0 bridgehead atoms. The molecule has 1 aliphatic heterocycles. The van der Waals surface area contributed by atoms with E-state index in [-0.39, 0.29) is 11.8 Å². The number of likely N-dealkylation sites (tertiary alicyclic amines) is 1. The molecule has 2 aromatic heterocycles. The third-order valence-corrected chi connectivity index (χ3v) is 5.58. The molecule has 152 valence electrons. The molecular formula is C20H30N6O2. The molecule has 0 radical (unpaired) electrons. The molecular weight excluding hydrogens is 356 g/mol. The summed E-state index contributed by atoms with van der Waals surface area (Å²) in [5.41, 5.74) is 7.94. The number of aromatic nitrogens is 3. The van der Waals surface area contributed by atoms with E-state index in [0.717, 1.165) is 50.8 Å². The summed E-state index contributed by atoms with van der Waals surface area (Å²) in [5.74, 6) is 0.285. The first-order chi connectivity index (χ1) is 13.5. The van der Waals surface area contributed by atoms with Gasteiger partial charge in [-0.2, -0.15) is 15.2 Å². The molecule has 2 aromatic rings. The van der Waals surface area contributed by atoms with Crippen LogP contribution in [0.15, 0.2) is 0 Å². The molecule has 1 aliphatic rings. The molecule has 8 heteroatoms. The second-order valence-corrected chi connectivity index (χ2v) is 7.79. The number of ether oxygens (including phenoxy) is 1. The van der Waals surface area contributed by atoms with Gasteiger partial charge in [0.25, 0.3) is 0 Å². The zero-order valence-electron chi connectivity index (χ0n) is 16.8. The Morgan fingerprint density at radius 3 is 2.75 bits per heavy atom. The fourth-order valence-electron chi connectivity index (χ4n) is 3.71. The lowest BCUT2D eigenvalue weighted by Crippen LogP contribution is -2.42. The van der Waals surface area contributed by atoms with Gasteiger partial charge >= 0.3 is 6.01 Å². The molecule has 0 aliphatic carbocycles. The van der Waals surface area contributed by atoms with Crippen LogP contribution >= 0.6 is 0 Å². The minimum absolute atomic E-state index is 0.247.